The predicted molar refractivity (Wildman–Crippen MR) is 62.7 cm³/mol. The fourth-order valence-electron chi connectivity index (χ4n) is 1.76. The van der Waals surface area contributed by atoms with Gasteiger partial charge in [0.25, 0.3) is 0 Å². The first kappa shape index (κ1) is 11.5. The number of nitrogens with zero attached hydrogens (tertiary/aromatic N) is 4. The zero-order valence-corrected chi connectivity index (χ0v) is 10.1. The number of hydrogen-bond donors (Lipinski definition) is 1. The lowest BCUT2D eigenvalue weighted by Gasteiger charge is -2.16. The van der Waals surface area contributed by atoms with E-state index in [0.29, 0.717) is 5.82 Å². The van der Waals surface area contributed by atoms with Gasteiger partial charge >= 0.3 is 0 Å². The van der Waals surface area contributed by atoms with E-state index in [-0.39, 0.29) is 6.04 Å². The minimum Gasteiger partial charge on any atom is -0.493 e. The van der Waals surface area contributed by atoms with E-state index in [9.17, 15) is 0 Å². The van der Waals surface area contributed by atoms with Crippen LogP contribution in [0.5, 0.6) is 5.75 Å². The Morgan fingerprint density at radius 2 is 2.06 bits per heavy atom. The van der Waals surface area contributed by atoms with Crippen molar-refractivity contribution in [2.45, 2.75) is 6.04 Å². The van der Waals surface area contributed by atoms with Crippen LogP contribution >= 0.6 is 0 Å². The fraction of sp³-hybridized carbons (Fsp3) is 0.364. The van der Waals surface area contributed by atoms with Crippen LogP contribution in [0.4, 0.5) is 0 Å². The Morgan fingerprint density at radius 3 is 2.65 bits per heavy atom. The minimum absolute atomic E-state index is 0.140. The summed E-state index contributed by atoms with van der Waals surface area (Å²) < 4.78 is 7.05. The molecule has 2 aromatic rings. The summed E-state index contributed by atoms with van der Waals surface area (Å²) in [7, 11) is 5.34. The number of methoxy groups -OCH3 is 1. The van der Waals surface area contributed by atoms with Gasteiger partial charge in [-0.05, 0) is 13.1 Å². The fourth-order valence-corrected chi connectivity index (χ4v) is 1.76. The van der Waals surface area contributed by atoms with E-state index < -0.39 is 0 Å². The van der Waals surface area contributed by atoms with Crippen molar-refractivity contribution < 1.29 is 4.74 Å². The van der Waals surface area contributed by atoms with Gasteiger partial charge in [-0.25, -0.2) is 9.97 Å². The Kier molecular flexibility index (Phi) is 3.34. The molecule has 90 valence electrons. The molecule has 0 bridgehead atoms. The van der Waals surface area contributed by atoms with E-state index in [1.807, 2.05) is 14.1 Å². The van der Waals surface area contributed by atoms with Crippen LogP contribution in [0.25, 0.3) is 0 Å². The molecule has 0 spiro atoms. The molecule has 17 heavy (non-hydrogen) atoms. The van der Waals surface area contributed by atoms with Crippen molar-refractivity contribution in [3.05, 3.63) is 36.2 Å². The third-order valence-electron chi connectivity index (χ3n) is 2.58. The van der Waals surface area contributed by atoms with Crippen molar-refractivity contribution in [1.29, 1.82) is 0 Å². The summed E-state index contributed by atoms with van der Waals surface area (Å²) in [6.45, 7) is 0. The van der Waals surface area contributed by atoms with Crippen molar-refractivity contribution in [1.82, 2.24) is 25.1 Å². The van der Waals surface area contributed by atoms with E-state index in [1.54, 1.807) is 36.4 Å². The molecule has 2 aromatic heterocycles. The lowest BCUT2D eigenvalue weighted by Crippen LogP contribution is -2.23. The zero-order valence-electron chi connectivity index (χ0n) is 10.1. The average Bonchev–Trinajstić information content (AvgIpc) is 2.74. The van der Waals surface area contributed by atoms with Crippen LogP contribution < -0.4 is 10.1 Å². The van der Waals surface area contributed by atoms with Gasteiger partial charge in [0.1, 0.15) is 11.7 Å². The largest absolute Gasteiger partial charge is 0.493 e. The van der Waals surface area contributed by atoms with E-state index in [2.05, 4.69) is 20.4 Å². The van der Waals surface area contributed by atoms with Gasteiger partial charge in [0.2, 0.25) is 0 Å². The SMILES string of the molecule is CNC(c1ncccn1)c1c(OC)cnn1C. The molecule has 0 aliphatic carbocycles. The van der Waals surface area contributed by atoms with Gasteiger partial charge in [-0.1, -0.05) is 0 Å². The topological polar surface area (TPSA) is 64.9 Å². The number of aryl methyl sites for hydroxylation is 1. The summed E-state index contributed by atoms with van der Waals surface area (Å²) >= 11 is 0. The summed E-state index contributed by atoms with van der Waals surface area (Å²) in [5, 5.41) is 7.35. The highest BCUT2D eigenvalue weighted by Crippen LogP contribution is 2.26. The average molecular weight is 233 g/mol. The van der Waals surface area contributed by atoms with Gasteiger partial charge in [0.15, 0.2) is 11.6 Å². The Balaban J connectivity index is 2.45. The van der Waals surface area contributed by atoms with Crippen molar-refractivity contribution in [3.8, 4) is 5.75 Å². The molecule has 0 fully saturated rings. The minimum atomic E-state index is -0.140. The molecule has 0 saturated heterocycles. The summed E-state index contributed by atoms with van der Waals surface area (Å²) in [4.78, 5) is 8.50. The first-order valence-electron chi connectivity index (χ1n) is 5.28. The summed E-state index contributed by atoms with van der Waals surface area (Å²) in [5.74, 6) is 1.41. The highest BCUT2D eigenvalue weighted by atomic mass is 16.5. The number of aromatic nitrogens is 4. The van der Waals surface area contributed by atoms with Gasteiger partial charge in [0, 0.05) is 19.4 Å². The maximum atomic E-state index is 5.29. The molecule has 0 radical (unpaired) electrons. The molecular formula is C11H15N5O. The maximum Gasteiger partial charge on any atom is 0.162 e. The first-order chi connectivity index (χ1) is 8.27. The standard InChI is InChI=1S/C11H15N5O/c1-12-9(11-13-5-4-6-14-11)10-8(17-3)7-15-16(10)2/h4-7,9,12H,1-3H3. The number of rotatable bonds is 4. The Bertz CT molecular complexity index is 482. The lowest BCUT2D eigenvalue weighted by atomic mass is 10.2. The van der Waals surface area contributed by atoms with Gasteiger partial charge in [0.05, 0.1) is 13.3 Å². The molecular weight excluding hydrogens is 218 g/mol. The normalized spacial score (nSPS) is 12.4. The molecule has 0 amide bonds. The second-order valence-electron chi connectivity index (χ2n) is 3.55. The molecule has 0 saturated carbocycles. The van der Waals surface area contributed by atoms with Gasteiger partial charge in [-0.2, -0.15) is 5.10 Å². The van der Waals surface area contributed by atoms with Gasteiger partial charge in [-0.3, -0.25) is 4.68 Å². The number of nitrogens with one attached hydrogen (secondary N) is 1. The van der Waals surface area contributed by atoms with Crippen molar-refractivity contribution in [3.63, 3.8) is 0 Å². The van der Waals surface area contributed by atoms with Crippen LogP contribution in [0.2, 0.25) is 0 Å². The predicted octanol–water partition coefficient (Wildman–Crippen LogP) is 0.527. The maximum absolute atomic E-state index is 5.29. The quantitative estimate of drug-likeness (QED) is 0.834. The van der Waals surface area contributed by atoms with Crippen molar-refractivity contribution in [2.24, 2.45) is 7.05 Å². The highest BCUT2D eigenvalue weighted by molar-refractivity contribution is 5.31. The second kappa shape index (κ2) is 4.92. The van der Waals surface area contributed by atoms with Crippen LogP contribution in [-0.2, 0) is 7.05 Å². The highest BCUT2D eigenvalue weighted by Gasteiger charge is 2.22. The Hall–Kier alpha value is -1.95. The van der Waals surface area contributed by atoms with Crippen molar-refractivity contribution in [2.75, 3.05) is 14.2 Å². The molecule has 1 N–H and O–H groups in total. The summed E-state index contributed by atoms with van der Waals surface area (Å²) in [6.07, 6.45) is 5.12. The second-order valence-corrected chi connectivity index (χ2v) is 3.55. The summed E-state index contributed by atoms with van der Waals surface area (Å²) in [5.41, 5.74) is 0.904. The van der Waals surface area contributed by atoms with Crippen LogP contribution in [0.1, 0.15) is 17.6 Å². The third kappa shape index (κ3) is 2.12. The first-order valence-corrected chi connectivity index (χ1v) is 5.28. The Morgan fingerprint density at radius 1 is 1.35 bits per heavy atom. The van der Waals surface area contributed by atoms with E-state index >= 15 is 0 Å². The van der Waals surface area contributed by atoms with Gasteiger partial charge in [-0.15, -0.1) is 0 Å². The van der Waals surface area contributed by atoms with Crippen LogP contribution in [-0.4, -0.2) is 33.9 Å². The molecule has 0 aliphatic rings. The van der Waals surface area contributed by atoms with Crippen LogP contribution in [0.3, 0.4) is 0 Å². The monoisotopic (exact) mass is 233 g/mol. The Labute approximate surface area is 99.7 Å². The zero-order chi connectivity index (χ0) is 12.3. The van der Waals surface area contributed by atoms with Crippen LogP contribution in [0.15, 0.2) is 24.7 Å². The molecule has 0 aromatic carbocycles. The molecule has 6 nitrogen and oxygen atoms in total. The van der Waals surface area contributed by atoms with E-state index in [0.717, 1.165) is 11.4 Å². The number of hydrogen-bond acceptors (Lipinski definition) is 5. The lowest BCUT2D eigenvalue weighted by molar-refractivity contribution is 0.401. The third-order valence-corrected chi connectivity index (χ3v) is 2.58. The van der Waals surface area contributed by atoms with Crippen molar-refractivity contribution >= 4 is 0 Å². The molecule has 2 heterocycles. The van der Waals surface area contributed by atoms with Gasteiger partial charge < -0.3 is 10.1 Å². The molecule has 1 unspecified atom stereocenters. The molecule has 2 rings (SSSR count). The molecule has 6 heteroatoms. The smallest absolute Gasteiger partial charge is 0.162 e. The molecule has 1 atom stereocenters. The summed E-state index contributed by atoms with van der Waals surface area (Å²) in [6, 6.07) is 1.65. The van der Waals surface area contributed by atoms with Crippen LogP contribution in [0, 0.1) is 0 Å². The number of ether oxygens (including phenoxy) is 1. The van der Waals surface area contributed by atoms with E-state index in [1.165, 1.54) is 0 Å². The van der Waals surface area contributed by atoms with E-state index in [4.69, 9.17) is 4.74 Å². The molecule has 0 aliphatic heterocycles.